The molecule has 3 unspecified atom stereocenters. The molecule has 0 aliphatic carbocycles. The van der Waals surface area contributed by atoms with Crippen molar-refractivity contribution in [3.05, 3.63) is 53.1 Å². The first-order chi connectivity index (χ1) is 18.1. The summed E-state index contributed by atoms with van der Waals surface area (Å²) in [4.78, 5) is 16.1. The lowest BCUT2D eigenvalue weighted by molar-refractivity contribution is -0.151. The number of nitrogens with one attached hydrogen (secondary N) is 2. The van der Waals surface area contributed by atoms with E-state index in [1.807, 2.05) is 4.90 Å². The highest BCUT2D eigenvalue weighted by atomic mass is 35.5. The van der Waals surface area contributed by atoms with E-state index in [9.17, 15) is 13.6 Å². The molecule has 38 heavy (non-hydrogen) atoms. The van der Waals surface area contributed by atoms with Crippen LogP contribution in [0.1, 0.15) is 33.1 Å². The number of nitrogens with zero attached hydrogens (tertiary/aromatic N) is 1. The van der Waals surface area contributed by atoms with E-state index in [1.54, 1.807) is 25.1 Å². The molecule has 2 aromatic carbocycles. The zero-order valence-corrected chi connectivity index (χ0v) is 23.8. The fourth-order valence-corrected chi connectivity index (χ4v) is 6.65. The molecule has 208 valence electrons. The molecule has 11 heteroatoms. The van der Waals surface area contributed by atoms with Crippen molar-refractivity contribution in [2.24, 2.45) is 5.92 Å². The summed E-state index contributed by atoms with van der Waals surface area (Å²) >= 11 is 9.01. The van der Waals surface area contributed by atoms with Gasteiger partial charge in [-0.05, 0) is 80.5 Å². The number of amides is 1. The Morgan fingerprint density at radius 1 is 1.24 bits per heavy atom. The molecule has 4 rings (SSSR count). The van der Waals surface area contributed by atoms with Crippen LogP contribution in [0.4, 0.5) is 18.9 Å². The molecule has 0 bridgehead atoms. The van der Waals surface area contributed by atoms with Crippen molar-refractivity contribution in [2.45, 2.75) is 60.7 Å². The van der Waals surface area contributed by atoms with Crippen LogP contribution in [0.5, 0.6) is 0 Å². The lowest BCUT2D eigenvalue weighted by Gasteiger charge is -2.35. The highest BCUT2D eigenvalue weighted by Crippen LogP contribution is 2.34. The molecule has 2 fully saturated rings. The Morgan fingerprint density at radius 2 is 1.97 bits per heavy atom. The van der Waals surface area contributed by atoms with Crippen LogP contribution in [-0.4, -0.2) is 60.6 Å². The van der Waals surface area contributed by atoms with Crippen molar-refractivity contribution >= 4 is 46.9 Å². The predicted molar refractivity (Wildman–Crippen MR) is 149 cm³/mol. The minimum Gasteiger partial charge on any atom is -0.378 e. The van der Waals surface area contributed by atoms with Gasteiger partial charge in [0.1, 0.15) is 23.4 Å². The van der Waals surface area contributed by atoms with Crippen LogP contribution >= 0.6 is 35.3 Å². The van der Waals surface area contributed by atoms with Crippen LogP contribution in [0, 0.1) is 17.6 Å². The first-order valence-electron chi connectivity index (χ1n) is 12.7. The van der Waals surface area contributed by atoms with Crippen LogP contribution in [0.25, 0.3) is 0 Å². The Morgan fingerprint density at radius 3 is 2.63 bits per heavy atom. The van der Waals surface area contributed by atoms with Gasteiger partial charge in [-0.15, -0.1) is 11.8 Å². The van der Waals surface area contributed by atoms with Crippen molar-refractivity contribution in [3.8, 4) is 0 Å². The van der Waals surface area contributed by atoms with Crippen LogP contribution in [0.3, 0.4) is 0 Å². The average Bonchev–Trinajstić information content (AvgIpc) is 2.85. The number of rotatable bonds is 11. The van der Waals surface area contributed by atoms with Gasteiger partial charge in [-0.1, -0.05) is 18.5 Å². The monoisotopic (exact) mass is 587 g/mol. The van der Waals surface area contributed by atoms with Gasteiger partial charge in [0.2, 0.25) is 0 Å². The van der Waals surface area contributed by atoms with Gasteiger partial charge < -0.3 is 10.1 Å². The third-order valence-electron chi connectivity index (χ3n) is 6.85. The molecule has 2 aliphatic rings. The second-order valence-electron chi connectivity index (χ2n) is 10.2. The van der Waals surface area contributed by atoms with E-state index in [2.05, 4.69) is 17.0 Å². The van der Waals surface area contributed by atoms with Gasteiger partial charge in [0.25, 0.3) is 5.91 Å². The third kappa shape index (κ3) is 7.97. The Labute approximate surface area is 235 Å². The number of anilines is 1. The van der Waals surface area contributed by atoms with Gasteiger partial charge >= 0.3 is 0 Å². The van der Waals surface area contributed by atoms with Crippen molar-refractivity contribution in [2.75, 3.05) is 37.3 Å². The number of likely N-dealkylation sites (tertiary alicyclic amines) is 1. The number of alkyl halides is 1. The van der Waals surface area contributed by atoms with Gasteiger partial charge in [-0.3, -0.25) is 14.4 Å². The van der Waals surface area contributed by atoms with Gasteiger partial charge in [0.15, 0.2) is 0 Å². The molecule has 2 aliphatic heterocycles. The number of benzene rings is 2. The highest BCUT2D eigenvalue weighted by Gasteiger charge is 2.38. The normalized spacial score (nSPS) is 23.1. The van der Waals surface area contributed by atoms with Gasteiger partial charge in [0, 0.05) is 47.8 Å². The van der Waals surface area contributed by atoms with Crippen LogP contribution in [0.15, 0.2) is 46.2 Å². The highest BCUT2D eigenvalue weighted by molar-refractivity contribution is 7.99. The lowest BCUT2D eigenvalue weighted by Crippen LogP contribution is -2.49. The second-order valence-corrected chi connectivity index (χ2v) is 12.6. The predicted octanol–water partition coefficient (Wildman–Crippen LogP) is 6.56. The summed E-state index contributed by atoms with van der Waals surface area (Å²) < 4.78 is 50.2. The maximum absolute atomic E-state index is 15.2. The largest absolute Gasteiger partial charge is 0.378 e. The molecule has 3 atom stereocenters. The fraction of sp³-hybridized carbons (Fsp3) is 0.519. The average molecular weight is 588 g/mol. The number of carbonyl (C=O) groups excluding carboxylic acids is 1. The van der Waals surface area contributed by atoms with Gasteiger partial charge in [-0.2, -0.15) is 0 Å². The summed E-state index contributed by atoms with van der Waals surface area (Å²) in [6.45, 7) is 5.89. The minimum atomic E-state index is -0.914. The fourth-order valence-electron chi connectivity index (χ4n) is 4.59. The smallest absolute Gasteiger partial charge is 0.262 e. The van der Waals surface area contributed by atoms with E-state index in [0.717, 1.165) is 23.3 Å². The number of ether oxygens (including phenoxy) is 1. The molecule has 2 N–H and O–H groups in total. The molecule has 2 saturated heterocycles. The lowest BCUT2D eigenvalue weighted by atomic mass is 9.88. The van der Waals surface area contributed by atoms with E-state index in [4.69, 9.17) is 16.3 Å². The Kier molecular flexibility index (Phi) is 10.2. The summed E-state index contributed by atoms with van der Waals surface area (Å²) in [6, 6.07) is 8.98. The van der Waals surface area contributed by atoms with E-state index in [1.165, 1.54) is 30.0 Å². The first-order valence-corrected chi connectivity index (χ1v) is 14.9. The minimum absolute atomic E-state index is 0.167. The number of halogens is 4. The Hall–Kier alpha value is -1.59. The van der Waals surface area contributed by atoms with E-state index >= 15 is 4.39 Å². The van der Waals surface area contributed by atoms with Crippen molar-refractivity contribution < 1.29 is 22.7 Å². The maximum Gasteiger partial charge on any atom is 0.262 e. The molecule has 0 saturated carbocycles. The second kappa shape index (κ2) is 13.2. The maximum atomic E-state index is 15.2. The molecule has 2 heterocycles. The molecule has 0 spiro atoms. The molecule has 1 amide bonds. The van der Waals surface area contributed by atoms with Gasteiger partial charge in [-0.25, -0.2) is 13.2 Å². The van der Waals surface area contributed by atoms with Crippen LogP contribution < -0.4 is 10.0 Å². The summed E-state index contributed by atoms with van der Waals surface area (Å²) in [6.07, 6.45) is 1.41. The molecular weight excluding hydrogens is 555 g/mol. The Balaban J connectivity index is 1.38. The number of hydrogen-bond acceptors (Lipinski definition) is 6. The number of thioether (sulfide) groups is 1. The number of carbonyl (C=O) groups is 1. The van der Waals surface area contributed by atoms with E-state index < -0.39 is 17.6 Å². The summed E-state index contributed by atoms with van der Waals surface area (Å²) in [5.41, 5.74) is -0.738. The van der Waals surface area contributed by atoms with Crippen LogP contribution in [-0.2, 0) is 9.53 Å². The molecular formula is C27H33ClF3N3O2S2. The van der Waals surface area contributed by atoms with Crippen LogP contribution in [0.2, 0.25) is 5.02 Å². The zero-order chi connectivity index (χ0) is 27.3. The molecule has 0 aromatic heterocycles. The summed E-state index contributed by atoms with van der Waals surface area (Å²) in [5, 5.41) is 3.42. The topological polar surface area (TPSA) is 53.6 Å². The van der Waals surface area contributed by atoms with Crippen molar-refractivity contribution in [3.63, 3.8) is 0 Å². The van der Waals surface area contributed by atoms with Crippen molar-refractivity contribution in [1.29, 1.82) is 0 Å². The summed E-state index contributed by atoms with van der Waals surface area (Å²) in [5.74, 6) is -0.131. The van der Waals surface area contributed by atoms with Crippen molar-refractivity contribution in [1.82, 2.24) is 9.62 Å². The summed E-state index contributed by atoms with van der Waals surface area (Å²) in [7, 11) is 0. The molecule has 2 aromatic rings. The van der Waals surface area contributed by atoms with Gasteiger partial charge in [0.05, 0.1) is 10.7 Å². The van der Waals surface area contributed by atoms with E-state index in [0.29, 0.717) is 55.6 Å². The first kappa shape index (κ1) is 29.4. The third-order valence-corrected chi connectivity index (χ3v) is 9.08. The zero-order valence-electron chi connectivity index (χ0n) is 21.4. The quantitative estimate of drug-likeness (QED) is 0.229. The number of hydrogen-bond donors (Lipinski definition) is 2. The molecule has 5 nitrogen and oxygen atoms in total. The SMILES string of the molecule is CC1CCOC(C)(C(=O)NSc2cc(F)c(NC(CCN3CC(F)C3)CSc3ccc(F)cc3)c(Cl)c2)C1. The van der Waals surface area contributed by atoms with E-state index in [-0.39, 0.29) is 28.5 Å². The molecule has 0 radical (unpaired) electrons. The Bertz CT molecular complexity index is 1080. The standard InChI is InChI=1S/C27H33ClF3N3O2S2/c1-17-8-10-36-27(2,13-17)26(35)33-38-22-11-23(28)25(24(31)12-22)32-20(7-9-34-14-19(30)15-34)16-37-21-5-3-18(29)4-6-21/h3-6,11-12,17,19-20,32H,7-10,13-16H2,1-2H3,(H,33,35).